The number of fused-ring (bicyclic) bond motifs is 1. The Balaban J connectivity index is 1.96. The number of benzene rings is 1. The summed E-state index contributed by atoms with van der Waals surface area (Å²) in [6.45, 7) is 1.47. The molecule has 0 unspecified atom stereocenters. The molecule has 96 valence electrons. The molecule has 1 fully saturated rings. The molecule has 2 heterocycles. The molecule has 0 bridgehead atoms. The molecule has 0 saturated carbocycles. The molecule has 4 nitrogen and oxygen atoms in total. The van der Waals surface area contributed by atoms with Gasteiger partial charge in [0, 0.05) is 18.1 Å². The number of aliphatic hydroxyl groups excluding tert-OH is 1. The van der Waals surface area contributed by atoms with Gasteiger partial charge in [0.25, 0.3) is 6.01 Å². The van der Waals surface area contributed by atoms with Gasteiger partial charge in [0.1, 0.15) is 5.52 Å². The Kier molecular flexibility index (Phi) is 3.09. The fourth-order valence-electron chi connectivity index (χ4n) is 2.14. The summed E-state index contributed by atoms with van der Waals surface area (Å²) in [5.74, 6) is 0. The summed E-state index contributed by atoms with van der Waals surface area (Å²) >= 11 is 12.0. The number of aliphatic hydroxyl groups is 1. The third-order valence-electron chi connectivity index (χ3n) is 3.13. The van der Waals surface area contributed by atoms with Crippen molar-refractivity contribution in [2.45, 2.75) is 18.9 Å². The highest BCUT2D eigenvalue weighted by Gasteiger charge is 2.21. The summed E-state index contributed by atoms with van der Waals surface area (Å²) in [6.07, 6.45) is 1.24. The molecule has 1 aromatic carbocycles. The largest absolute Gasteiger partial charge is 0.422 e. The number of nitrogens with zero attached hydrogens (tertiary/aromatic N) is 2. The average molecular weight is 287 g/mol. The second-order valence-corrected chi connectivity index (χ2v) is 5.29. The van der Waals surface area contributed by atoms with E-state index in [-0.39, 0.29) is 6.10 Å². The first kappa shape index (κ1) is 12.1. The highest BCUT2D eigenvalue weighted by Crippen LogP contribution is 2.31. The smallest absolute Gasteiger partial charge is 0.298 e. The molecule has 1 N–H and O–H groups in total. The third-order valence-corrected chi connectivity index (χ3v) is 3.63. The van der Waals surface area contributed by atoms with Crippen molar-refractivity contribution in [1.82, 2.24) is 4.98 Å². The Morgan fingerprint density at radius 2 is 2.00 bits per heavy atom. The fraction of sp³-hybridized carbons (Fsp3) is 0.417. The van der Waals surface area contributed by atoms with E-state index in [2.05, 4.69) is 4.98 Å². The zero-order valence-electron chi connectivity index (χ0n) is 9.57. The van der Waals surface area contributed by atoms with Crippen molar-refractivity contribution in [3.8, 4) is 0 Å². The summed E-state index contributed by atoms with van der Waals surface area (Å²) in [6, 6.07) is 3.91. The lowest BCUT2D eigenvalue weighted by Gasteiger charge is -2.27. The van der Waals surface area contributed by atoms with Gasteiger partial charge >= 0.3 is 0 Å². The lowest BCUT2D eigenvalue weighted by Crippen LogP contribution is -2.35. The van der Waals surface area contributed by atoms with Crippen LogP contribution in [0.1, 0.15) is 12.8 Å². The number of anilines is 1. The van der Waals surface area contributed by atoms with Gasteiger partial charge in [0.05, 0.1) is 11.1 Å². The molecule has 0 atom stereocenters. The maximum atomic E-state index is 9.48. The molecule has 0 aliphatic carbocycles. The van der Waals surface area contributed by atoms with Gasteiger partial charge in [-0.25, -0.2) is 0 Å². The average Bonchev–Trinajstić information content (AvgIpc) is 2.74. The molecule has 1 aliphatic heterocycles. The van der Waals surface area contributed by atoms with Crippen molar-refractivity contribution in [2.75, 3.05) is 18.0 Å². The first-order valence-electron chi connectivity index (χ1n) is 5.82. The maximum absolute atomic E-state index is 9.48. The normalized spacial score (nSPS) is 17.6. The first-order chi connectivity index (χ1) is 8.63. The number of oxazole rings is 1. The Morgan fingerprint density at radius 1 is 1.28 bits per heavy atom. The van der Waals surface area contributed by atoms with Gasteiger partial charge in [-0.2, -0.15) is 4.98 Å². The van der Waals surface area contributed by atoms with Crippen LogP contribution in [0.15, 0.2) is 16.5 Å². The van der Waals surface area contributed by atoms with E-state index in [0.717, 1.165) is 25.9 Å². The Labute approximate surface area is 114 Å². The molecule has 6 heteroatoms. The molecule has 1 aromatic heterocycles. The van der Waals surface area contributed by atoms with Crippen LogP contribution in [0.4, 0.5) is 6.01 Å². The van der Waals surface area contributed by atoms with Gasteiger partial charge < -0.3 is 14.4 Å². The number of halogens is 2. The van der Waals surface area contributed by atoms with Gasteiger partial charge in [0.15, 0.2) is 5.58 Å². The van der Waals surface area contributed by atoms with Gasteiger partial charge in [0.2, 0.25) is 0 Å². The topological polar surface area (TPSA) is 49.5 Å². The summed E-state index contributed by atoms with van der Waals surface area (Å²) in [7, 11) is 0. The first-order valence-corrected chi connectivity index (χ1v) is 6.57. The van der Waals surface area contributed by atoms with E-state index >= 15 is 0 Å². The second-order valence-electron chi connectivity index (χ2n) is 4.45. The lowest BCUT2D eigenvalue weighted by molar-refractivity contribution is 0.144. The highest BCUT2D eigenvalue weighted by molar-refractivity contribution is 6.38. The maximum Gasteiger partial charge on any atom is 0.298 e. The Hall–Kier alpha value is -0.970. The van der Waals surface area contributed by atoms with E-state index in [0.29, 0.717) is 27.2 Å². The standard InChI is InChI=1S/C12H12Cl2N2O2/c13-7-5-9(14)11-10(6-7)15-12(18-11)16-3-1-8(17)2-4-16/h5-6,8,17H,1-4H2. The van der Waals surface area contributed by atoms with Crippen molar-refractivity contribution >= 4 is 40.3 Å². The van der Waals surface area contributed by atoms with Crippen molar-refractivity contribution in [2.24, 2.45) is 0 Å². The van der Waals surface area contributed by atoms with Gasteiger partial charge in [-0.1, -0.05) is 23.2 Å². The number of rotatable bonds is 1. The van der Waals surface area contributed by atoms with Crippen LogP contribution in [0, 0.1) is 0 Å². The van der Waals surface area contributed by atoms with E-state index in [1.165, 1.54) is 0 Å². The van der Waals surface area contributed by atoms with E-state index < -0.39 is 0 Å². The van der Waals surface area contributed by atoms with Gasteiger partial charge in [-0.15, -0.1) is 0 Å². The molecular formula is C12H12Cl2N2O2. The summed E-state index contributed by atoms with van der Waals surface area (Å²) < 4.78 is 5.67. The van der Waals surface area contributed by atoms with Crippen LogP contribution < -0.4 is 4.90 Å². The SMILES string of the molecule is OC1CCN(c2nc3cc(Cl)cc(Cl)c3o2)CC1. The lowest BCUT2D eigenvalue weighted by atomic mass is 10.1. The summed E-state index contributed by atoms with van der Waals surface area (Å²) in [4.78, 5) is 6.40. The monoisotopic (exact) mass is 286 g/mol. The molecule has 0 amide bonds. The summed E-state index contributed by atoms with van der Waals surface area (Å²) in [5, 5.41) is 10.5. The van der Waals surface area contributed by atoms with E-state index in [1.54, 1.807) is 12.1 Å². The zero-order chi connectivity index (χ0) is 12.7. The quantitative estimate of drug-likeness (QED) is 0.875. The molecule has 2 aromatic rings. The van der Waals surface area contributed by atoms with Gasteiger partial charge in [-0.3, -0.25) is 0 Å². The van der Waals surface area contributed by atoms with Crippen molar-refractivity contribution < 1.29 is 9.52 Å². The number of aromatic nitrogens is 1. The van der Waals surface area contributed by atoms with Gasteiger partial charge in [-0.05, 0) is 25.0 Å². The summed E-state index contributed by atoms with van der Waals surface area (Å²) in [5.41, 5.74) is 1.22. The third kappa shape index (κ3) is 2.16. The zero-order valence-corrected chi connectivity index (χ0v) is 11.1. The predicted octanol–water partition coefficient (Wildman–Crippen LogP) is 3.10. The van der Waals surface area contributed by atoms with Crippen molar-refractivity contribution in [3.63, 3.8) is 0 Å². The van der Waals surface area contributed by atoms with Crippen LogP contribution in [0.3, 0.4) is 0 Å². The van der Waals surface area contributed by atoms with Crippen molar-refractivity contribution in [3.05, 3.63) is 22.2 Å². The Bertz CT molecular complexity index is 577. The number of hydrogen-bond donors (Lipinski definition) is 1. The van der Waals surface area contributed by atoms with E-state index in [1.807, 2.05) is 4.90 Å². The van der Waals surface area contributed by atoms with Crippen molar-refractivity contribution in [1.29, 1.82) is 0 Å². The Morgan fingerprint density at radius 3 is 2.72 bits per heavy atom. The van der Waals surface area contributed by atoms with E-state index in [9.17, 15) is 5.11 Å². The molecule has 1 saturated heterocycles. The number of piperidine rings is 1. The molecule has 3 rings (SSSR count). The minimum atomic E-state index is -0.219. The molecule has 0 spiro atoms. The molecule has 0 radical (unpaired) electrons. The van der Waals surface area contributed by atoms with Crippen LogP contribution in [0.25, 0.3) is 11.1 Å². The minimum absolute atomic E-state index is 0.219. The molecule has 18 heavy (non-hydrogen) atoms. The van der Waals surface area contributed by atoms with Crippen LogP contribution in [0.2, 0.25) is 10.0 Å². The van der Waals surface area contributed by atoms with Crippen LogP contribution in [-0.4, -0.2) is 29.3 Å². The molecule has 1 aliphatic rings. The van der Waals surface area contributed by atoms with Crippen LogP contribution in [0.5, 0.6) is 0 Å². The fourth-order valence-corrected chi connectivity index (χ4v) is 2.66. The minimum Gasteiger partial charge on any atom is -0.422 e. The van der Waals surface area contributed by atoms with E-state index in [4.69, 9.17) is 27.6 Å². The second kappa shape index (κ2) is 4.61. The number of hydrogen-bond acceptors (Lipinski definition) is 4. The van der Waals surface area contributed by atoms with Crippen LogP contribution >= 0.6 is 23.2 Å². The highest BCUT2D eigenvalue weighted by atomic mass is 35.5. The predicted molar refractivity (Wildman–Crippen MR) is 71.5 cm³/mol. The molecular weight excluding hydrogens is 275 g/mol. The van der Waals surface area contributed by atoms with Crippen LogP contribution in [-0.2, 0) is 0 Å².